The number of halogens is 1. The number of benzene rings is 2. The molecule has 0 radical (unpaired) electrons. The number of amides is 1. The molecule has 1 saturated heterocycles. The van der Waals surface area contributed by atoms with E-state index < -0.39 is 0 Å². The number of hydrogen-bond donors (Lipinski definition) is 0. The van der Waals surface area contributed by atoms with Crippen LogP contribution in [-0.2, 0) is 9.53 Å². The lowest BCUT2D eigenvalue weighted by molar-refractivity contribution is -0.145. The van der Waals surface area contributed by atoms with Crippen LogP contribution in [0.3, 0.4) is 0 Å². The van der Waals surface area contributed by atoms with E-state index in [2.05, 4.69) is 0 Å². The smallest absolute Gasteiger partial charge is 0.260 e. The first-order valence-corrected chi connectivity index (χ1v) is 8.81. The highest BCUT2D eigenvalue weighted by atomic mass is 35.5. The average Bonchev–Trinajstić information content (AvgIpc) is 2.60. The molecule has 1 amide bonds. The fraction of sp³-hybridized carbons (Fsp3) is 0.350. The molecule has 4 nitrogen and oxygen atoms in total. The maximum absolute atomic E-state index is 12.4. The second kappa shape index (κ2) is 7.89. The van der Waals surface area contributed by atoms with Gasteiger partial charge in [-0.1, -0.05) is 48.0 Å². The molecule has 1 aliphatic heterocycles. The Kier molecular flexibility index (Phi) is 5.61. The van der Waals surface area contributed by atoms with E-state index in [1.165, 1.54) is 0 Å². The third-order valence-electron chi connectivity index (χ3n) is 4.16. The van der Waals surface area contributed by atoms with Crippen molar-refractivity contribution in [3.63, 3.8) is 0 Å². The van der Waals surface area contributed by atoms with Crippen LogP contribution < -0.4 is 4.74 Å². The van der Waals surface area contributed by atoms with Crippen molar-refractivity contribution in [2.45, 2.75) is 26.1 Å². The van der Waals surface area contributed by atoms with Crippen molar-refractivity contribution in [1.29, 1.82) is 0 Å². The van der Waals surface area contributed by atoms with E-state index in [9.17, 15) is 4.79 Å². The predicted molar refractivity (Wildman–Crippen MR) is 99.0 cm³/mol. The van der Waals surface area contributed by atoms with Crippen LogP contribution in [0.15, 0.2) is 48.5 Å². The highest BCUT2D eigenvalue weighted by Gasteiger charge is 2.26. The Bertz CT molecular complexity index is 725. The molecule has 3 rings (SSSR count). The lowest BCUT2D eigenvalue weighted by Gasteiger charge is -2.35. The SMILES string of the molecule is C[C@@H]1CN(C(=O)COc2ccc(-c3ccccc3)cc2Cl)C[C@@H](C)O1. The van der Waals surface area contributed by atoms with Crippen LogP contribution in [0.4, 0.5) is 0 Å². The first kappa shape index (κ1) is 17.8. The minimum Gasteiger partial charge on any atom is -0.482 e. The number of nitrogens with zero attached hydrogens (tertiary/aromatic N) is 1. The molecule has 25 heavy (non-hydrogen) atoms. The van der Waals surface area contributed by atoms with Crippen LogP contribution in [0, 0.1) is 0 Å². The molecule has 1 fully saturated rings. The van der Waals surface area contributed by atoms with Gasteiger partial charge in [0.25, 0.3) is 5.91 Å². The van der Waals surface area contributed by atoms with Crippen LogP contribution >= 0.6 is 11.6 Å². The third kappa shape index (κ3) is 4.53. The van der Waals surface area contributed by atoms with E-state index in [0.29, 0.717) is 23.9 Å². The zero-order valence-electron chi connectivity index (χ0n) is 14.4. The van der Waals surface area contributed by atoms with Crippen molar-refractivity contribution in [2.75, 3.05) is 19.7 Å². The van der Waals surface area contributed by atoms with Crippen LogP contribution in [0.25, 0.3) is 11.1 Å². The Morgan fingerprint density at radius 3 is 2.44 bits per heavy atom. The van der Waals surface area contributed by atoms with Gasteiger partial charge in [0, 0.05) is 13.1 Å². The highest BCUT2D eigenvalue weighted by Crippen LogP contribution is 2.30. The molecule has 0 bridgehead atoms. The van der Waals surface area contributed by atoms with Gasteiger partial charge in [-0.05, 0) is 37.1 Å². The minimum atomic E-state index is -0.0507. The molecule has 2 atom stereocenters. The standard InChI is InChI=1S/C20H22ClNO3/c1-14-11-22(12-15(2)25-14)20(23)13-24-19-9-8-17(10-18(19)21)16-6-4-3-5-7-16/h3-10,14-15H,11-13H2,1-2H3/t14-,15-/m1/s1. The number of hydrogen-bond acceptors (Lipinski definition) is 3. The van der Waals surface area contributed by atoms with Gasteiger partial charge in [0.2, 0.25) is 0 Å². The van der Waals surface area contributed by atoms with Crippen LogP contribution in [0.5, 0.6) is 5.75 Å². The molecular formula is C20H22ClNO3. The molecule has 0 aliphatic carbocycles. The summed E-state index contributed by atoms with van der Waals surface area (Å²) >= 11 is 6.32. The molecule has 5 heteroatoms. The van der Waals surface area contributed by atoms with Gasteiger partial charge in [-0.3, -0.25) is 4.79 Å². The summed E-state index contributed by atoms with van der Waals surface area (Å²) in [7, 11) is 0. The van der Waals surface area contributed by atoms with E-state index in [1.54, 1.807) is 4.90 Å². The van der Waals surface area contributed by atoms with E-state index in [4.69, 9.17) is 21.1 Å². The molecule has 132 valence electrons. The van der Waals surface area contributed by atoms with Gasteiger partial charge in [-0.25, -0.2) is 0 Å². The first-order valence-electron chi connectivity index (χ1n) is 8.44. The number of ether oxygens (including phenoxy) is 2. The summed E-state index contributed by atoms with van der Waals surface area (Å²) in [6, 6.07) is 15.6. The monoisotopic (exact) mass is 359 g/mol. The second-order valence-corrected chi connectivity index (χ2v) is 6.76. The number of carbonyl (C=O) groups excluding carboxylic acids is 1. The van der Waals surface area contributed by atoms with E-state index in [1.807, 2.05) is 62.4 Å². The molecule has 1 heterocycles. The maximum atomic E-state index is 12.4. The average molecular weight is 360 g/mol. The Morgan fingerprint density at radius 1 is 1.12 bits per heavy atom. The molecule has 0 saturated carbocycles. The zero-order valence-corrected chi connectivity index (χ0v) is 15.2. The van der Waals surface area contributed by atoms with Crippen molar-refractivity contribution < 1.29 is 14.3 Å². The maximum Gasteiger partial charge on any atom is 0.260 e. The van der Waals surface area contributed by atoms with Crippen molar-refractivity contribution in [3.8, 4) is 16.9 Å². The van der Waals surface area contributed by atoms with Crippen LogP contribution in [0.1, 0.15) is 13.8 Å². The van der Waals surface area contributed by atoms with Gasteiger partial charge < -0.3 is 14.4 Å². The minimum absolute atomic E-state index is 0.0240. The largest absolute Gasteiger partial charge is 0.482 e. The lowest BCUT2D eigenvalue weighted by Crippen LogP contribution is -2.49. The summed E-state index contributed by atoms with van der Waals surface area (Å²) in [4.78, 5) is 14.1. The van der Waals surface area contributed by atoms with Crippen molar-refractivity contribution in [2.24, 2.45) is 0 Å². The first-order chi connectivity index (χ1) is 12.0. The van der Waals surface area contributed by atoms with E-state index in [-0.39, 0.29) is 24.7 Å². The fourth-order valence-electron chi connectivity index (χ4n) is 3.04. The van der Waals surface area contributed by atoms with Crippen molar-refractivity contribution in [1.82, 2.24) is 4.90 Å². The molecule has 0 unspecified atom stereocenters. The molecule has 0 spiro atoms. The Labute approximate surface area is 153 Å². The Morgan fingerprint density at radius 2 is 1.80 bits per heavy atom. The predicted octanol–water partition coefficient (Wildman–Crippen LogP) is 4.02. The summed E-state index contributed by atoms with van der Waals surface area (Å²) in [5.74, 6) is 0.467. The molecule has 0 N–H and O–H groups in total. The molecular weight excluding hydrogens is 338 g/mol. The lowest BCUT2D eigenvalue weighted by atomic mass is 10.1. The summed E-state index contributed by atoms with van der Waals surface area (Å²) in [6.07, 6.45) is 0.0860. The van der Waals surface area contributed by atoms with Gasteiger partial charge in [0.15, 0.2) is 6.61 Å². The summed E-state index contributed by atoms with van der Waals surface area (Å²) in [6.45, 7) is 5.09. The van der Waals surface area contributed by atoms with E-state index in [0.717, 1.165) is 11.1 Å². The molecule has 1 aliphatic rings. The summed E-state index contributed by atoms with van der Waals surface area (Å²) < 4.78 is 11.3. The van der Waals surface area contributed by atoms with Gasteiger partial charge in [-0.2, -0.15) is 0 Å². The quantitative estimate of drug-likeness (QED) is 0.827. The Balaban J connectivity index is 1.62. The summed E-state index contributed by atoms with van der Waals surface area (Å²) in [5.41, 5.74) is 2.10. The van der Waals surface area contributed by atoms with Crippen molar-refractivity contribution >= 4 is 17.5 Å². The van der Waals surface area contributed by atoms with Crippen LogP contribution in [0.2, 0.25) is 5.02 Å². The Hall–Kier alpha value is -2.04. The fourth-order valence-corrected chi connectivity index (χ4v) is 3.28. The topological polar surface area (TPSA) is 38.8 Å². The summed E-state index contributed by atoms with van der Waals surface area (Å²) in [5, 5.41) is 0.498. The van der Waals surface area contributed by atoms with Crippen molar-refractivity contribution in [3.05, 3.63) is 53.6 Å². The van der Waals surface area contributed by atoms with E-state index >= 15 is 0 Å². The molecule has 2 aromatic carbocycles. The van der Waals surface area contributed by atoms with Gasteiger partial charge in [0.05, 0.1) is 17.2 Å². The number of rotatable bonds is 4. The van der Waals surface area contributed by atoms with Gasteiger partial charge >= 0.3 is 0 Å². The number of morpholine rings is 1. The third-order valence-corrected chi connectivity index (χ3v) is 4.46. The van der Waals surface area contributed by atoms with Gasteiger partial charge in [-0.15, -0.1) is 0 Å². The second-order valence-electron chi connectivity index (χ2n) is 6.36. The highest BCUT2D eigenvalue weighted by molar-refractivity contribution is 6.32. The molecule has 2 aromatic rings. The van der Waals surface area contributed by atoms with Crippen LogP contribution in [-0.4, -0.2) is 42.7 Å². The number of carbonyl (C=O) groups is 1. The molecule has 0 aromatic heterocycles. The zero-order chi connectivity index (χ0) is 17.8. The normalized spacial score (nSPS) is 20.4. The van der Waals surface area contributed by atoms with Gasteiger partial charge in [0.1, 0.15) is 5.75 Å².